The maximum atomic E-state index is 12.8. The van der Waals surface area contributed by atoms with Gasteiger partial charge in [0.05, 0.1) is 11.4 Å². The van der Waals surface area contributed by atoms with Crippen LogP contribution in [0, 0.1) is 0 Å². The molecule has 0 aromatic carbocycles. The second-order valence-corrected chi connectivity index (χ2v) is 8.91. The SMILES string of the molecule is NC(=O)c1sc2ncccc2c1C1CCN(C(=O)CN2CCCCCC2)CC1. The van der Waals surface area contributed by atoms with E-state index < -0.39 is 0 Å². The Morgan fingerprint density at radius 2 is 1.82 bits per heavy atom. The predicted octanol–water partition coefficient (Wildman–Crippen LogP) is 2.98. The number of hydrogen-bond donors (Lipinski definition) is 1. The molecule has 2 amide bonds. The Morgan fingerprint density at radius 3 is 2.50 bits per heavy atom. The van der Waals surface area contributed by atoms with Crippen molar-refractivity contribution in [2.75, 3.05) is 32.7 Å². The van der Waals surface area contributed by atoms with Crippen LogP contribution in [0.4, 0.5) is 0 Å². The number of nitrogens with two attached hydrogens (primary N) is 1. The van der Waals surface area contributed by atoms with Crippen LogP contribution in [0.2, 0.25) is 0 Å². The molecule has 2 N–H and O–H groups in total. The molecule has 2 aromatic heterocycles. The third-order valence-corrected chi connectivity index (χ3v) is 7.19. The topological polar surface area (TPSA) is 79.5 Å². The molecule has 0 saturated carbocycles. The zero-order chi connectivity index (χ0) is 19.5. The van der Waals surface area contributed by atoms with Crippen molar-refractivity contribution in [2.24, 2.45) is 5.73 Å². The van der Waals surface area contributed by atoms with Gasteiger partial charge in [-0.25, -0.2) is 4.98 Å². The zero-order valence-electron chi connectivity index (χ0n) is 16.2. The van der Waals surface area contributed by atoms with E-state index in [1.165, 1.54) is 37.0 Å². The molecule has 0 radical (unpaired) electrons. The summed E-state index contributed by atoms with van der Waals surface area (Å²) in [5, 5.41) is 1.04. The predicted molar refractivity (Wildman–Crippen MR) is 112 cm³/mol. The first-order chi connectivity index (χ1) is 13.6. The molecular weight excluding hydrogens is 372 g/mol. The van der Waals surface area contributed by atoms with Gasteiger partial charge in [-0.15, -0.1) is 11.3 Å². The van der Waals surface area contributed by atoms with E-state index in [1.807, 2.05) is 17.0 Å². The number of amides is 2. The highest BCUT2D eigenvalue weighted by Gasteiger charge is 2.30. The lowest BCUT2D eigenvalue weighted by Gasteiger charge is -2.33. The summed E-state index contributed by atoms with van der Waals surface area (Å²) in [5.41, 5.74) is 6.69. The third-order valence-electron chi connectivity index (χ3n) is 6.04. The number of primary amides is 1. The number of carbonyl (C=O) groups is 2. The van der Waals surface area contributed by atoms with E-state index in [9.17, 15) is 9.59 Å². The van der Waals surface area contributed by atoms with Crippen molar-refractivity contribution in [1.82, 2.24) is 14.8 Å². The summed E-state index contributed by atoms with van der Waals surface area (Å²) in [7, 11) is 0. The van der Waals surface area contributed by atoms with Crippen molar-refractivity contribution in [3.8, 4) is 0 Å². The van der Waals surface area contributed by atoms with E-state index >= 15 is 0 Å². The van der Waals surface area contributed by atoms with Gasteiger partial charge in [0.15, 0.2) is 0 Å². The van der Waals surface area contributed by atoms with E-state index in [0.29, 0.717) is 11.4 Å². The van der Waals surface area contributed by atoms with Crippen LogP contribution in [0.15, 0.2) is 18.3 Å². The summed E-state index contributed by atoms with van der Waals surface area (Å²) >= 11 is 1.39. The van der Waals surface area contributed by atoms with Gasteiger partial charge in [-0.1, -0.05) is 18.9 Å². The van der Waals surface area contributed by atoms with E-state index in [4.69, 9.17) is 5.73 Å². The lowest BCUT2D eigenvalue weighted by molar-refractivity contribution is -0.133. The van der Waals surface area contributed by atoms with Crippen molar-refractivity contribution in [3.63, 3.8) is 0 Å². The minimum atomic E-state index is -0.377. The fourth-order valence-corrected chi connectivity index (χ4v) is 5.62. The van der Waals surface area contributed by atoms with Gasteiger partial charge < -0.3 is 10.6 Å². The monoisotopic (exact) mass is 400 g/mol. The summed E-state index contributed by atoms with van der Waals surface area (Å²) in [6.07, 6.45) is 8.44. The molecule has 0 unspecified atom stereocenters. The molecule has 2 aliphatic heterocycles. The lowest BCUT2D eigenvalue weighted by Crippen LogP contribution is -2.44. The number of piperidine rings is 1. The van der Waals surface area contributed by atoms with Gasteiger partial charge in [0.2, 0.25) is 5.91 Å². The highest BCUT2D eigenvalue weighted by molar-refractivity contribution is 7.20. The molecule has 150 valence electrons. The van der Waals surface area contributed by atoms with Gasteiger partial charge in [0, 0.05) is 24.7 Å². The molecule has 28 heavy (non-hydrogen) atoms. The summed E-state index contributed by atoms with van der Waals surface area (Å²) in [6, 6.07) is 3.93. The fraction of sp³-hybridized carbons (Fsp3) is 0.571. The van der Waals surface area contributed by atoms with Crippen molar-refractivity contribution >= 4 is 33.4 Å². The van der Waals surface area contributed by atoms with Gasteiger partial charge in [-0.2, -0.15) is 0 Å². The van der Waals surface area contributed by atoms with Crippen molar-refractivity contribution < 1.29 is 9.59 Å². The number of aromatic nitrogens is 1. The maximum Gasteiger partial charge on any atom is 0.259 e. The quantitative estimate of drug-likeness (QED) is 0.856. The molecule has 4 heterocycles. The van der Waals surface area contributed by atoms with Crippen LogP contribution in [0.3, 0.4) is 0 Å². The molecule has 0 spiro atoms. The molecular formula is C21H28N4O2S. The van der Waals surface area contributed by atoms with Gasteiger partial charge in [-0.05, 0) is 56.3 Å². The van der Waals surface area contributed by atoms with E-state index in [-0.39, 0.29) is 17.7 Å². The molecule has 4 rings (SSSR count). The number of hydrogen-bond acceptors (Lipinski definition) is 5. The van der Waals surface area contributed by atoms with Crippen LogP contribution >= 0.6 is 11.3 Å². The van der Waals surface area contributed by atoms with Gasteiger partial charge in [0.1, 0.15) is 4.83 Å². The Kier molecular flexibility index (Phi) is 5.92. The number of nitrogens with zero attached hydrogens (tertiary/aromatic N) is 3. The van der Waals surface area contributed by atoms with Crippen LogP contribution in [0.5, 0.6) is 0 Å². The summed E-state index contributed by atoms with van der Waals surface area (Å²) < 4.78 is 0. The molecule has 2 saturated heterocycles. The Balaban J connectivity index is 1.43. The molecule has 0 atom stereocenters. The molecule has 0 aliphatic carbocycles. The van der Waals surface area contributed by atoms with E-state index in [2.05, 4.69) is 9.88 Å². The molecule has 7 heteroatoms. The first-order valence-electron chi connectivity index (χ1n) is 10.3. The van der Waals surface area contributed by atoms with Crippen LogP contribution in [0.25, 0.3) is 10.2 Å². The minimum Gasteiger partial charge on any atom is -0.365 e. The van der Waals surface area contributed by atoms with Gasteiger partial charge in [-0.3, -0.25) is 14.5 Å². The van der Waals surface area contributed by atoms with Gasteiger partial charge >= 0.3 is 0 Å². The lowest BCUT2D eigenvalue weighted by atomic mass is 9.87. The van der Waals surface area contributed by atoms with Crippen LogP contribution in [-0.4, -0.2) is 59.3 Å². The van der Waals surface area contributed by atoms with Gasteiger partial charge in [0.25, 0.3) is 5.91 Å². The second-order valence-electron chi connectivity index (χ2n) is 7.91. The summed E-state index contributed by atoms with van der Waals surface area (Å²) in [4.78, 5) is 35.0. The standard InChI is InChI=1S/C21H28N4O2S/c22-20(27)19-18(16-6-5-9-23-21(16)28-19)15-7-12-25(13-8-15)17(26)14-24-10-3-1-2-4-11-24/h5-6,9,15H,1-4,7-8,10-14H2,(H2,22,27). The van der Waals surface area contributed by atoms with Crippen LogP contribution in [-0.2, 0) is 4.79 Å². The number of thiophene rings is 1. The number of fused-ring (bicyclic) bond motifs is 1. The fourth-order valence-electron chi connectivity index (χ4n) is 4.54. The highest BCUT2D eigenvalue weighted by atomic mass is 32.1. The average Bonchev–Trinajstić information content (AvgIpc) is 2.91. The molecule has 2 aromatic rings. The summed E-state index contributed by atoms with van der Waals surface area (Å²) in [6.45, 7) is 4.11. The maximum absolute atomic E-state index is 12.8. The Morgan fingerprint density at radius 1 is 1.11 bits per heavy atom. The number of rotatable bonds is 4. The highest BCUT2D eigenvalue weighted by Crippen LogP contribution is 2.39. The Labute approximate surface area is 169 Å². The van der Waals surface area contributed by atoms with Crippen molar-refractivity contribution in [1.29, 1.82) is 0 Å². The number of carbonyl (C=O) groups excluding carboxylic acids is 2. The number of pyridine rings is 1. The molecule has 2 fully saturated rings. The molecule has 0 bridgehead atoms. The van der Waals surface area contributed by atoms with Crippen molar-refractivity contribution in [3.05, 3.63) is 28.8 Å². The first kappa shape index (κ1) is 19.3. The smallest absolute Gasteiger partial charge is 0.259 e. The zero-order valence-corrected chi connectivity index (χ0v) is 17.0. The molecule has 6 nitrogen and oxygen atoms in total. The molecule has 2 aliphatic rings. The summed E-state index contributed by atoms with van der Waals surface area (Å²) in [5.74, 6) is 0.118. The minimum absolute atomic E-state index is 0.243. The van der Waals surface area contributed by atoms with Crippen molar-refractivity contribution in [2.45, 2.75) is 44.4 Å². The first-order valence-corrected chi connectivity index (χ1v) is 11.1. The van der Waals surface area contributed by atoms with E-state index in [1.54, 1.807) is 6.20 Å². The normalized spacial score (nSPS) is 19.6. The average molecular weight is 401 g/mol. The van der Waals surface area contributed by atoms with Crippen LogP contribution in [0.1, 0.15) is 59.7 Å². The van der Waals surface area contributed by atoms with E-state index in [0.717, 1.165) is 54.8 Å². The van der Waals surface area contributed by atoms with Crippen LogP contribution < -0.4 is 5.73 Å². The second kappa shape index (κ2) is 8.57. The third kappa shape index (κ3) is 4.05. The Hall–Kier alpha value is -1.99. The Bertz CT molecular complexity index is 849. The number of likely N-dealkylation sites (tertiary alicyclic amines) is 2. The largest absolute Gasteiger partial charge is 0.365 e.